The molecule has 2 aromatic heterocycles. The van der Waals surface area contributed by atoms with Crippen LogP contribution in [0.2, 0.25) is 0 Å². The van der Waals surface area contributed by atoms with Crippen LogP contribution in [0.5, 0.6) is 17.4 Å². The van der Waals surface area contributed by atoms with Crippen LogP contribution in [0.3, 0.4) is 0 Å². The van der Waals surface area contributed by atoms with Crippen LogP contribution in [-0.2, 0) is 13.6 Å². The Morgan fingerprint density at radius 3 is 2.86 bits per heavy atom. The number of piperidine rings is 1. The van der Waals surface area contributed by atoms with Crippen LogP contribution >= 0.6 is 0 Å². The average molecular weight is 379 g/mol. The van der Waals surface area contributed by atoms with E-state index in [4.69, 9.17) is 14.5 Å². The van der Waals surface area contributed by atoms with E-state index in [0.29, 0.717) is 17.5 Å². The maximum Gasteiger partial charge on any atom is 0.238 e. The first-order valence-electron chi connectivity index (χ1n) is 9.52. The maximum atomic E-state index is 5.90. The van der Waals surface area contributed by atoms with Gasteiger partial charge in [-0.1, -0.05) is 6.07 Å². The van der Waals surface area contributed by atoms with Gasteiger partial charge in [-0.05, 0) is 31.5 Å². The predicted molar refractivity (Wildman–Crippen MR) is 106 cm³/mol. The molecule has 28 heavy (non-hydrogen) atoms. The molecule has 0 radical (unpaired) electrons. The zero-order valence-electron chi connectivity index (χ0n) is 16.3. The van der Waals surface area contributed by atoms with Crippen molar-refractivity contribution in [3.8, 4) is 17.4 Å². The smallest absolute Gasteiger partial charge is 0.238 e. The maximum absolute atomic E-state index is 5.90. The Morgan fingerprint density at radius 1 is 1.14 bits per heavy atom. The molecule has 1 aliphatic rings. The molecular weight excluding hydrogens is 354 g/mol. The summed E-state index contributed by atoms with van der Waals surface area (Å²) in [5.41, 5.74) is 2.21. The van der Waals surface area contributed by atoms with E-state index in [0.717, 1.165) is 43.9 Å². The van der Waals surface area contributed by atoms with Crippen LogP contribution < -0.4 is 9.47 Å². The third-order valence-electron chi connectivity index (χ3n) is 5.12. The molecule has 0 bridgehead atoms. The van der Waals surface area contributed by atoms with E-state index in [2.05, 4.69) is 19.4 Å². The average Bonchev–Trinajstić information content (AvgIpc) is 3.13. The fraction of sp³-hybridized carbons (Fsp3) is 0.381. The summed E-state index contributed by atoms with van der Waals surface area (Å²) in [6, 6.07) is 7.49. The van der Waals surface area contributed by atoms with Gasteiger partial charge in [0.25, 0.3) is 0 Å². The lowest BCUT2D eigenvalue weighted by Crippen LogP contribution is -2.34. The highest BCUT2D eigenvalue weighted by Gasteiger charge is 2.23. The number of hydrogen-bond acceptors (Lipinski definition) is 6. The normalized spacial score (nSPS) is 17.4. The standard InChI is InChI=1S/C21H25N5O2/c1-25-15-23-10-17(25)14-26-8-4-5-16(13-26)20-11-22-12-21(24-20)28-19-7-3-6-18(9-19)27-2/h3,6-7,9-12,15-16H,4-5,8,13-14H2,1-2H3. The fourth-order valence-electron chi connectivity index (χ4n) is 3.60. The zero-order valence-corrected chi connectivity index (χ0v) is 16.3. The molecule has 0 spiro atoms. The Hall–Kier alpha value is -2.93. The molecule has 3 aromatic rings. The number of ether oxygens (including phenoxy) is 2. The number of methoxy groups -OCH3 is 1. The summed E-state index contributed by atoms with van der Waals surface area (Å²) < 4.78 is 13.2. The summed E-state index contributed by atoms with van der Waals surface area (Å²) in [4.78, 5) is 15.8. The number of likely N-dealkylation sites (tertiary alicyclic amines) is 1. The SMILES string of the molecule is COc1cccc(Oc2cncc(C3CCCN(Cc4cncn4C)C3)n2)c1. The van der Waals surface area contributed by atoms with Crippen LogP contribution in [-0.4, -0.2) is 44.6 Å². The lowest BCUT2D eigenvalue weighted by molar-refractivity contribution is 0.194. The highest BCUT2D eigenvalue weighted by Crippen LogP contribution is 2.29. The first-order valence-corrected chi connectivity index (χ1v) is 9.52. The minimum Gasteiger partial charge on any atom is -0.497 e. The van der Waals surface area contributed by atoms with Crippen LogP contribution in [0.25, 0.3) is 0 Å². The van der Waals surface area contributed by atoms with Gasteiger partial charge in [0, 0.05) is 44.5 Å². The van der Waals surface area contributed by atoms with Crippen molar-refractivity contribution in [2.75, 3.05) is 20.2 Å². The molecule has 0 aliphatic carbocycles. The van der Waals surface area contributed by atoms with Crippen molar-refractivity contribution in [3.05, 3.63) is 60.6 Å². The van der Waals surface area contributed by atoms with E-state index in [1.807, 2.05) is 50.0 Å². The molecule has 1 aromatic carbocycles. The van der Waals surface area contributed by atoms with Crippen LogP contribution in [0, 0.1) is 0 Å². The molecule has 7 heteroatoms. The second-order valence-electron chi connectivity index (χ2n) is 7.13. The number of aromatic nitrogens is 4. The Morgan fingerprint density at radius 2 is 2.04 bits per heavy atom. The van der Waals surface area contributed by atoms with Gasteiger partial charge in [0.2, 0.25) is 5.88 Å². The van der Waals surface area contributed by atoms with E-state index in [1.165, 1.54) is 5.69 Å². The van der Waals surface area contributed by atoms with Crippen molar-refractivity contribution in [2.45, 2.75) is 25.3 Å². The van der Waals surface area contributed by atoms with Crippen molar-refractivity contribution in [1.29, 1.82) is 0 Å². The Kier molecular flexibility index (Phi) is 5.53. The third-order valence-corrected chi connectivity index (χ3v) is 5.12. The van der Waals surface area contributed by atoms with Gasteiger partial charge in [-0.2, -0.15) is 0 Å². The molecule has 3 heterocycles. The van der Waals surface area contributed by atoms with Crippen molar-refractivity contribution in [2.24, 2.45) is 7.05 Å². The van der Waals surface area contributed by atoms with Gasteiger partial charge < -0.3 is 14.0 Å². The number of imidazole rings is 1. The Balaban J connectivity index is 1.45. The second-order valence-corrected chi connectivity index (χ2v) is 7.13. The second kappa shape index (κ2) is 8.39. The summed E-state index contributed by atoms with van der Waals surface area (Å²) in [6.45, 7) is 2.96. The quantitative estimate of drug-likeness (QED) is 0.654. The van der Waals surface area contributed by atoms with Crippen molar-refractivity contribution in [1.82, 2.24) is 24.4 Å². The summed E-state index contributed by atoms with van der Waals surface area (Å²) in [5.74, 6) is 2.30. The molecule has 1 atom stereocenters. The Bertz CT molecular complexity index is 926. The first kappa shape index (κ1) is 18.4. The number of aryl methyl sites for hydroxylation is 1. The van der Waals surface area contributed by atoms with E-state index in [-0.39, 0.29) is 0 Å². The van der Waals surface area contributed by atoms with E-state index >= 15 is 0 Å². The summed E-state index contributed by atoms with van der Waals surface area (Å²) >= 11 is 0. The lowest BCUT2D eigenvalue weighted by Gasteiger charge is -2.32. The van der Waals surface area contributed by atoms with Gasteiger partial charge in [0.1, 0.15) is 11.5 Å². The van der Waals surface area contributed by atoms with E-state index < -0.39 is 0 Å². The fourth-order valence-corrected chi connectivity index (χ4v) is 3.60. The molecule has 1 aliphatic heterocycles. The van der Waals surface area contributed by atoms with Crippen molar-refractivity contribution in [3.63, 3.8) is 0 Å². The van der Waals surface area contributed by atoms with E-state index in [9.17, 15) is 0 Å². The van der Waals surface area contributed by atoms with Crippen molar-refractivity contribution >= 4 is 0 Å². The monoisotopic (exact) mass is 379 g/mol. The molecule has 7 nitrogen and oxygen atoms in total. The highest BCUT2D eigenvalue weighted by molar-refractivity contribution is 5.35. The van der Waals surface area contributed by atoms with Gasteiger partial charge in [-0.3, -0.25) is 9.88 Å². The number of nitrogens with zero attached hydrogens (tertiary/aromatic N) is 5. The summed E-state index contributed by atoms with van der Waals surface area (Å²) in [5, 5.41) is 0. The van der Waals surface area contributed by atoms with Gasteiger partial charge in [-0.15, -0.1) is 0 Å². The molecule has 0 amide bonds. The van der Waals surface area contributed by atoms with E-state index in [1.54, 1.807) is 13.3 Å². The molecule has 146 valence electrons. The molecule has 4 rings (SSSR count). The topological polar surface area (TPSA) is 65.3 Å². The number of rotatable bonds is 6. The van der Waals surface area contributed by atoms with Gasteiger partial charge >= 0.3 is 0 Å². The molecule has 0 N–H and O–H groups in total. The first-order chi connectivity index (χ1) is 13.7. The van der Waals surface area contributed by atoms with Crippen molar-refractivity contribution < 1.29 is 9.47 Å². The third kappa shape index (κ3) is 4.31. The molecule has 1 unspecified atom stereocenters. The molecule has 1 fully saturated rings. The minimum absolute atomic E-state index is 0.350. The minimum atomic E-state index is 0.350. The predicted octanol–water partition coefficient (Wildman–Crippen LogP) is 3.39. The van der Waals surface area contributed by atoms with Crippen LogP contribution in [0.1, 0.15) is 30.1 Å². The molecule has 1 saturated heterocycles. The van der Waals surface area contributed by atoms with Gasteiger partial charge in [0.15, 0.2) is 0 Å². The van der Waals surface area contributed by atoms with Gasteiger partial charge in [-0.25, -0.2) is 9.97 Å². The summed E-state index contributed by atoms with van der Waals surface area (Å²) in [6.07, 6.45) is 9.55. The lowest BCUT2D eigenvalue weighted by atomic mass is 9.95. The highest BCUT2D eigenvalue weighted by atomic mass is 16.5. The van der Waals surface area contributed by atoms with Gasteiger partial charge in [0.05, 0.1) is 31.0 Å². The molecule has 0 saturated carbocycles. The Labute approximate surface area is 165 Å². The largest absolute Gasteiger partial charge is 0.497 e. The number of benzene rings is 1. The van der Waals surface area contributed by atoms with Crippen LogP contribution in [0.4, 0.5) is 0 Å². The zero-order chi connectivity index (χ0) is 19.3. The number of hydrogen-bond donors (Lipinski definition) is 0. The summed E-state index contributed by atoms with van der Waals surface area (Å²) in [7, 11) is 3.68. The van der Waals surface area contributed by atoms with Crippen LogP contribution in [0.15, 0.2) is 49.2 Å². The molecular formula is C21H25N5O2.